The molecular weight excluding hydrogens is 324 g/mol. The highest BCUT2D eigenvalue weighted by atomic mass is 16.6. The molecule has 0 aromatic rings. The van der Waals surface area contributed by atoms with Crippen molar-refractivity contribution < 1.29 is 29.3 Å². The summed E-state index contributed by atoms with van der Waals surface area (Å²) < 4.78 is 11.0. The monoisotopic (exact) mass is 350 g/mol. The number of ether oxygens (including phenoxy) is 2. The van der Waals surface area contributed by atoms with E-state index in [0.29, 0.717) is 19.3 Å². The first-order valence-corrected chi connectivity index (χ1v) is 8.53. The van der Waals surface area contributed by atoms with Crippen LogP contribution in [0.4, 0.5) is 0 Å². The summed E-state index contributed by atoms with van der Waals surface area (Å²) in [6.07, 6.45) is 2.93. The number of carbonyl (C=O) groups is 2. The van der Waals surface area contributed by atoms with Crippen LogP contribution in [0.15, 0.2) is 36.0 Å². The summed E-state index contributed by atoms with van der Waals surface area (Å²) in [6.45, 7) is 8.77. The second-order valence-electron chi connectivity index (χ2n) is 6.81. The van der Waals surface area contributed by atoms with Crippen LogP contribution in [-0.4, -0.2) is 47.6 Å². The number of hydrogen-bond acceptors (Lipinski definition) is 6. The van der Waals surface area contributed by atoms with E-state index in [1.165, 1.54) is 0 Å². The Morgan fingerprint density at radius 1 is 1.44 bits per heavy atom. The van der Waals surface area contributed by atoms with Crippen molar-refractivity contribution in [3.8, 4) is 0 Å². The molecule has 0 bridgehead atoms. The number of carbonyl (C=O) groups excluding carboxylic acids is 2. The lowest BCUT2D eigenvalue weighted by Crippen LogP contribution is -2.36. The van der Waals surface area contributed by atoms with Crippen LogP contribution in [0, 0.1) is 11.8 Å². The van der Waals surface area contributed by atoms with Gasteiger partial charge in [-0.25, -0.2) is 9.59 Å². The van der Waals surface area contributed by atoms with Crippen molar-refractivity contribution in [2.24, 2.45) is 11.8 Å². The molecule has 0 saturated carbocycles. The van der Waals surface area contributed by atoms with Crippen LogP contribution in [-0.2, 0) is 19.1 Å². The second-order valence-corrected chi connectivity index (χ2v) is 6.81. The molecule has 0 aromatic carbocycles. The Balaban J connectivity index is 2.37. The molecule has 2 aliphatic rings. The van der Waals surface area contributed by atoms with E-state index in [-0.39, 0.29) is 30.3 Å². The lowest BCUT2D eigenvalue weighted by molar-refractivity contribution is -0.148. The standard InChI is InChI=1S/C19H26O6/c1-11(2)18(22)24-15-7-13(9-20)5-4-6-14(10-21)8-16-17(15)12(3)19(23)25-16/h5,14-17,20-21H,1,3-4,6-10H2,2H3/t14-,15-,16-,17-/m1/s1. The fraction of sp³-hybridized carbons (Fsp3) is 0.579. The minimum Gasteiger partial charge on any atom is -0.458 e. The molecule has 1 aliphatic carbocycles. The Labute approximate surface area is 147 Å². The summed E-state index contributed by atoms with van der Waals surface area (Å²) in [5.74, 6) is -1.60. The van der Waals surface area contributed by atoms with E-state index >= 15 is 0 Å². The number of rotatable bonds is 4. The van der Waals surface area contributed by atoms with Gasteiger partial charge in [-0.05, 0) is 37.7 Å². The molecule has 0 aromatic heterocycles. The molecule has 1 heterocycles. The second kappa shape index (κ2) is 8.45. The molecule has 6 heteroatoms. The van der Waals surface area contributed by atoms with Crippen LogP contribution in [0.1, 0.15) is 32.6 Å². The third-order valence-electron chi connectivity index (χ3n) is 4.83. The van der Waals surface area contributed by atoms with Crippen molar-refractivity contribution in [1.29, 1.82) is 0 Å². The summed E-state index contributed by atoms with van der Waals surface area (Å²) in [7, 11) is 0. The predicted octanol–water partition coefficient (Wildman–Crippen LogP) is 1.67. The minimum absolute atomic E-state index is 0.0221. The SMILES string of the molecule is C=C(C)C(=O)O[C@@H]1CC(CO)=CCC[C@@H](CO)C[C@H]2OC(=O)C(=C)[C@H]12. The lowest BCUT2D eigenvalue weighted by atomic mass is 9.81. The molecule has 1 fully saturated rings. The van der Waals surface area contributed by atoms with Crippen LogP contribution in [0.3, 0.4) is 0 Å². The van der Waals surface area contributed by atoms with Gasteiger partial charge in [0.25, 0.3) is 0 Å². The Hall–Kier alpha value is -1.92. The van der Waals surface area contributed by atoms with Gasteiger partial charge in [-0.1, -0.05) is 19.2 Å². The van der Waals surface area contributed by atoms with Crippen molar-refractivity contribution >= 4 is 11.9 Å². The van der Waals surface area contributed by atoms with Gasteiger partial charge < -0.3 is 19.7 Å². The Bertz CT molecular complexity index is 591. The molecule has 4 atom stereocenters. The zero-order chi connectivity index (χ0) is 18.6. The van der Waals surface area contributed by atoms with Crippen molar-refractivity contribution in [3.05, 3.63) is 36.0 Å². The lowest BCUT2D eigenvalue weighted by Gasteiger charge is -2.30. The number of aliphatic hydroxyl groups is 2. The molecule has 0 amide bonds. The molecule has 1 aliphatic heterocycles. The van der Waals surface area contributed by atoms with Gasteiger partial charge >= 0.3 is 11.9 Å². The van der Waals surface area contributed by atoms with E-state index in [9.17, 15) is 19.8 Å². The van der Waals surface area contributed by atoms with Gasteiger partial charge in [0.2, 0.25) is 0 Å². The maximum atomic E-state index is 12.1. The molecular formula is C19H26O6. The molecule has 0 radical (unpaired) electrons. The highest BCUT2D eigenvalue weighted by Crippen LogP contribution is 2.38. The summed E-state index contributed by atoms with van der Waals surface area (Å²) in [5.41, 5.74) is 1.25. The summed E-state index contributed by atoms with van der Waals surface area (Å²) >= 11 is 0. The van der Waals surface area contributed by atoms with Gasteiger partial charge in [0.1, 0.15) is 12.2 Å². The predicted molar refractivity (Wildman–Crippen MR) is 91.4 cm³/mol. The van der Waals surface area contributed by atoms with E-state index in [0.717, 1.165) is 12.0 Å². The zero-order valence-electron chi connectivity index (χ0n) is 14.6. The fourth-order valence-electron chi connectivity index (χ4n) is 3.39. The number of hydrogen-bond donors (Lipinski definition) is 2. The molecule has 6 nitrogen and oxygen atoms in total. The largest absolute Gasteiger partial charge is 0.458 e. The third-order valence-corrected chi connectivity index (χ3v) is 4.83. The van der Waals surface area contributed by atoms with Crippen molar-refractivity contribution in [1.82, 2.24) is 0 Å². The molecule has 25 heavy (non-hydrogen) atoms. The Morgan fingerprint density at radius 3 is 2.76 bits per heavy atom. The molecule has 2 N–H and O–H groups in total. The summed E-state index contributed by atoms with van der Waals surface area (Å²) in [4.78, 5) is 24.1. The summed E-state index contributed by atoms with van der Waals surface area (Å²) in [6, 6.07) is 0. The van der Waals surface area contributed by atoms with Crippen LogP contribution < -0.4 is 0 Å². The molecule has 0 spiro atoms. The van der Waals surface area contributed by atoms with E-state index in [2.05, 4.69) is 13.2 Å². The average molecular weight is 350 g/mol. The van der Waals surface area contributed by atoms with Crippen LogP contribution >= 0.6 is 0 Å². The smallest absolute Gasteiger partial charge is 0.334 e. The van der Waals surface area contributed by atoms with Crippen LogP contribution in [0.5, 0.6) is 0 Å². The van der Waals surface area contributed by atoms with Gasteiger partial charge in [0.15, 0.2) is 0 Å². The first kappa shape index (κ1) is 19.4. The molecule has 1 saturated heterocycles. The van der Waals surface area contributed by atoms with E-state index < -0.39 is 30.1 Å². The number of fused-ring (bicyclic) bond motifs is 1. The van der Waals surface area contributed by atoms with E-state index in [1.54, 1.807) is 6.92 Å². The Morgan fingerprint density at radius 2 is 2.16 bits per heavy atom. The molecule has 2 rings (SSSR count). The van der Waals surface area contributed by atoms with Gasteiger partial charge in [-0.15, -0.1) is 0 Å². The van der Waals surface area contributed by atoms with Crippen molar-refractivity contribution in [2.45, 2.75) is 44.8 Å². The fourth-order valence-corrected chi connectivity index (χ4v) is 3.39. The minimum atomic E-state index is -0.677. The first-order valence-electron chi connectivity index (χ1n) is 8.53. The van der Waals surface area contributed by atoms with Gasteiger partial charge in [-0.3, -0.25) is 0 Å². The molecule has 0 unspecified atom stereocenters. The molecule has 138 valence electrons. The van der Waals surface area contributed by atoms with Crippen molar-refractivity contribution in [3.63, 3.8) is 0 Å². The number of aliphatic hydroxyl groups excluding tert-OH is 2. The first-order chi connectivity index (χ1) is 11.9. The van der Waals surface area contributed by atoms with Crippen molar-refractivity contribution in [2.75, 3.05) is 13.2 Å². The highest BCUT2D eigenvalue weighted by Gasteiger charge is 2.46. The Kier molecular flexibility index (Phi) is 6.56. The van der Waals surface area contributed by atoms with E-state index in [1.807, 2.05) is 6.08 Å². The topological polar surface area (TPSA) is 93.1 Å². The number of allylic oxidation sites excluding steroid dienone is 1. The number of esters is 2. The summed E-state index contributed by atoms with van der Waals surface area (Å²) in [5, 5.41) is 19.2. The zero-order valence-corrected chi connectivity index (χ0v) is 14.6. The van der Waals surface area contributed by atoms with E-state index in [4.69, 9.17) is 9.47 Å². The third kappa shape index (κ3) is 4.58. The maximum Gasteiger partial charge on any atom is 0.334 e. The highest BCUT2D eigenvalue weighted by molar-refractivity contribution is 5.91. The van der Waals surface area contributed by atoms with Gasteiger partial charge in [0, 0.05) is 24.2 Å². The quantitative estimate of drug-likeness (QED) is 0.455. The maximum absolute atomic E-state index is 12.1. The normalized spacial score (nSPS) is 30.1. The van der Waals surface area contributed by atoms with Gasteiger partial charge in [-0.2, -0.15) is 0 Å². The van der Waals surface area contributed by atoms with Crippen LogP contribution in [0.25, 0.3) is 0 Å². The van der Waals surface area contributed by atoms with Gasteiger partial charge in [0.05, 0.1) is 12.5 Å². The average Bonchev–Trinajstić information content (AvgIpc) is 2.85. The van der Waals surface area contributed by atoms with Crippen LogP contribution in [0.2, 0.25) is 0 Å².